The lowest BCUT2D eigenvalue weighted by atomic mass is 10.2. The number of nitrogens with zero attached hydrogens (tertiary/aromatic N) is 1. The first-order valence-electron chi connectivity index (χ1n) is 8.99. The molecule has 3 aromatic rings. The van der Waals surface area contributed by atoms with Crippen LogP contribution in [0.25, 0.3) is 0 Å². The maximum absolute atomic E-state index is 13.3. The van der Waals surface area contributed by atoms with Crippen molar-refractivity contribution in [2.24, 2.45) is 0 Å². The van der Waals surface area contributed by atoms with Crippen molar-refractivity contribution in [3.05, 3.63) is 84.4 Å². The Balaban J connectivity index is 1.92. The van der Waals surface area contributed by atoms with Gasteiger partial charge in [0.25, 0.3) is 10.0 Å². The third-order valence-corrected chi connectivity index (χ3v) is 6.19. The number of ether oxygens (including phenoxy) is 1. The van der Waals surface area contributed by atoms with E-state index in [0.717, 1.165) is 9.87 Å². The Kier molecular flexibility index (Phi) is 6.19. The number of sulfonamides is 1. The predicted molar refractivity (Wildman–Crippen MR) is 114 cm³/mol. The highest BCUT2D eigenvalue weighted by Gasteiger charge is 2.27. The molecule has 6 nitrogen and oxygen atoms in total. The average molecular weight is 410 g/mol. The zero-order valence-corrected chi connectivity index (χ0v) is 17.0. The molecule has 0 aliphatic carbocycles. The molecule has 0 saturated heterocycles. The number of hydrogen-bond acceptors (Lipinski definition) is 4. The quantitative estimate of drug-likeness (QED) is 0.642. The van der Waals surface area contributed by atoms with Gasteiger partial charge in [0.05, 0.1) is 17.7 Å². The molecule has 0 aromatic heterocycles. The normalized spacial score (nSPS) is 11.0. The highest BCUT2D eigenvalue weighted by atomic mass is 32.2. The lowest BCUT2D eigenvalue weighted by Gasteiger charge is -2.24. The smallest absolute Gasteiger partial charge is 0.264 e. The van der Waals surface area contributed by atoms with E-state index in [-0.39, 0.29) is 11.4 Å². The number of carbonyl (C=O) groups is 1. The lowest BCUT2D eigenvalue weighted by molar-refractivity contribution is -0.114. The summed E-state index contributed by atoms with van der Waals surface area (Å²) in [5.74, 6) is 0.118. The fraction of sp³-hybridized carbons (Fsp3) is 0.136. The molecule has 0 saturated carbocycles. The molecule has 0 atom stereocenters. The van der Waals surface area contributed by atoms with E-state index in [1.165, 1.54) is 19.2 Å². The summed E-state index contributed by atoms with van der Waals surface area (Å²) >= 11 is 0. The first-order chi connectivity index (χ1) is 13.9. The molecule has 0 aliphatic rings. The highest BCUT2D eigenvalue weighted by Crippen LogP contribution is 2.25. The molecule has 0 radical (unpaired) electrons. The van der Waals surface area contributed by atoms with Crippen LogP contribution in [0.5, 0.6) is 5.75 Å². The molecular formula is C22H22N2O4S. The van der Waals surface area contributed by atoms with Gasteiger partial charge < -0.3 is 10.1 Å². The van der Waals surface area contributed by atoms with Gasteiger partial charge in [-0.05, 0) is 55.0 Å². The molecule has 0 spiro atoms. The van der Waals surface area contributed by atoms with Crippen molar-refractivity contribution in [3.8, 4) is 5.75 Å². The average Bonchev–Trinajstić information content (AvgIpc) is 2.74. The number of hydrogen-bond donors (Lipinski definition) is 1. The predicted octanol–water partition coefficient (Wildman–Crippen LogP) is 3.84. The Hall–Kier alpha value is -3.32. The summed E-state index contributed by atoms with van der Waals surface area (Å²) in [4.78, 5) is 12.8. The van der Waals surface area contributed by atoms with E-state index in [1.54, 1.807) is 48.5 Å². The van der Waals surface area contributed by atoms with E-state index in [1.807, 2.05) is 25.1 Å². The van der Waals surface area contributed by atoms with Gasteiger partial charge in [-0.2, -0.15) is 0 Å². The molecule has 0 bridgehead atoms. The molecule has 1 N–H and O–H groups in total. The summed E-state index contributed by atoms with van der Waals surface area (Å²) in [5.41, 5.74) is 1.95. The number of methoxy groups -OCH3 is 1. The van der Waals surface area contributed by atoms with Crippen molar-refractivity contribution in [3.63, 3.8) is 0 Å². The van der Waals surface area contributed by atoms with Crippen molar-refractivity contribution in [2.75, 3.05) is 23.3 Å². The first kappa shape index (κ1) is 20.4. The van der Waals surface area contributed by atoms with Gasteiger partial charge in [0.2, 0.25) is 5.91 Å². The second-order valence-corrected chi connectivity index (χ2v) is 8.25. The van der Waals surface area contributed by atoms with Crippen LogP contribution in [0.3, 0.4) is 0 Å². The molecule has 7 heteroatoms. The molecule has 1 amide bonds. The SMILES string of the molecule is COc1ccc(S(=O)(=O)N(CC(=O)Nc2ccccc2C)c2ccccc2)cc1. The van der Waals surface area contributed by atoms with Crippen LogP contribution in [0.2, 0.25) is 0 Å². The number of benzene rings is 3. The maximum Gasteiger partial charge on any atom is 0.264 e. The number of para-hydroxylation sites is 2. The second kappa shape index (κ2) is 8.79. The minimum atomic E-state index is -3.96. The van der Waals surface area contributed by atoms with Crippen molar-refractivity contribution in [2.45, 2.75) is 11.8 Å². The van der Waals surface area contributed by atoms with E-state index >= 15 is 0 Å². The molecule has 0 heterocycles. The third kappa shape index (κ3) is 4.75. The van der Waals surface area contributed by atoms with Crippen molar-refractivity contribution in [1.82, 2.24) is 0 Å². The Bertz CT molecular complexity index is 1080. The molecule has 0 fully saturated rings. The van der Waals surface area contributed by atoms with Crippen molar-refractivity contribution < 1.29 is 17.9 Å². The van der Waals surface area contributed by atoms with Gasteiger partial charge in [-0.15, -0.1) is 0 Å². The Morgan fingerprint density at radius 1 is 0.931 bits per heavy atom. The van der Waals surface area contributed by atoms with Crippen LogP contribution in [0.1, 0.15) is 5.56 Å². The standard InChI is InChI=1S/C22H22N2O4S/c1-17-8-6-7-11-21(17)23-22(25)16-24(18-9-4-3-5-10-18)29(26,27)20-14-12-19(28-2)13-15-20/h3-15H,16H2,1-2H3,(H,23,25). The molecule has 0 unspecified atom stereocenters. The van der Waals surface area contributed by atoms with Crippen molar-refractivity contribution >= 4 is 27.3 Å². The zero-order valence-electron chi connectivity index (χ0n) is 16.2. The number of amides is 1. The number of anilines is 2. The van der Waals surface area contributed by atoms with E-state index in [2.05, 4.69) is 5.32 Å². The van der Waals surface area contributed by atoms with Gasteiger partial charge >= 0.3 is 0 Å². The summed E-state index contributed by atoms with van der Waals surface area (Å²) in [6, 6.07) is 22.0. The largest absolute Gasteiger partial charge is 0.497 e. The first-order valence-corrected chi connectivity index (χ1v) is 10.4. The van der Waals surface area contributed by atoms with Gasteiger partial charge in [0.15, 0.2) is 0 Å². The number of rotatable bonds is 7. The van der Waals surface area contributed by atoms with Crippen molar-refractivity contribution in [1.29, 1.82) is 0 Å². The van der Waals surface area contributed by atoms with Gasteiger partial charge in [-0.1, -0.05) is 36.4 Å². The summed E-state index contributed by atoms with van der Waals surface area (Å²) in [5, 5.41) is 2.79. The molecule has 3 aromatic carbocycles. The monoisotopic (exact) mass is 410 g/mol. The molecule has 29 heavy (non-hydrogen) atoms. The van der Waals surface area contributed by atoms with Crippen LogP contribution in [0.15, 0.2) is 83.8 Å². The van der Waals surface area contributed by atoms with Gasteiger partial charge in [0.1, 0.15) is 12.3 Å². The Labute approximate surface area is 170 Å². The fourth-order valence-electron chi connectivity index (χ4n) is 2.82. The van der Waals surface area contributed by atoms with E-state index in [9.17, 15) is 13.2 Å². The van der Waals surface area contributed by atoms with Crippen LogP contribution in [-0.4, -0.2) is 28.0 Å². The minimum absolute atomic E-state index is 0.0749. The van der Waals surface area contributed by atoms with Crippen LogP contribution in [0, 0.1) is 6.92 Å². The summed E-state index contributed by atoms with van der Waals surface area (Å²) in [6.07, 6.45) is 0. The van der Waals surface area contributed by atoms with E-state index in [4.69, 9.17) is 4.74 Å². The van der Waals surface area contributed by atoms with Crippen LogP contribution in [-0.2, 0) is 14.8 Å². The lowest BCUT2D eigenvalue weighted by Crippen LogP contribution is -2.38. The van der Waals surface area contributed by atoms with Crippen LogP contribution >= 0.6 is 0 Å². The fourth-order valence-corrected chi connectivity index (χ4v) is 4.24. The third-order valence-electron chi connectivity index (χ3n) is 4.40. The summed E-state index contributed by atoms with van der Waals surface area (Å²) in [6.45, 7) is 1.52. The molecule has 3 rings (SSSR count). The van der Waals surface area contributed by atoms with Gasteiger partial charge in [-0.3, -0.25) is 9.10 Å². The highest BCUT2D eigenvalue weighted by molar-refractivity contribution is 7.92. The Morgan fingerprint density at radius 3 is 2.17 bits per heavy atom. The van der Waals surface area contributed by atoms with E-state index in [0.29, 0.717) is 17.1 Å². The summed E-state index contributed by atoms with van der Waals surface area (Å²) < 4.78 is 32.8. The van der Waals surface area contributed by atoms with Gasteiger partial charge in [-0.25, -0.2) is 8.42 Å². The molecular weight excluding hydrogens is 388 g/mol. The molecule has 0 aliphatic heterocycles. The Morgan fingerprint density at radius 2 is 1.55 bits per heavy atom. The summed E-state index contributed by atoms with van der Waals surface area (Å²) in [7, 11) is -2.45. The number of carbonyl (C=O) groups excluding carboxylic acids is 1. The minimum Gasteiger partial charge on any atom is -0.497 e. The van der Waals surface area contributed by atoms with Gasteiger partial charge in [0, 0.05) is 5.69 Å². The maximum atomic E-state index is 13.3. The second-order valence-electron chi connectivity index (χ2n) is 6.39. The zero-order chi connectivity index (χ0) is 20.9. The number of nitrogens with one attached hydrogen (secondary N) is 1. The van der Waals surface area contributed by atoms with Crippen LogP contribution in [0.4, 0.5) is 11.4 Å². The number of aryl methyl sites for hydroxylation is 1. The van der Waals surface area contributed by atoms with Crippen LogP contribution < -0.4 is 14.4 Å². The topological polar surface area (TPSA) is 75.7 Å². The van der Waals surface area contributed by atoms with E-state index < -0.39 is 15.9 Å². The molecule has 150 valence electrons.